The average molecular weight is 422 g/mol. The summed E-state index contributed by atoms with van der Waals surface area (Å²) in [6.45, 7) is 5.15. The molecule has 0 radical (unpaired) electrons. The summed E-state index contributed by atoms with van der Waals surface area (Å²) in [5.74, 6) is -0.0493. The molecule has 0 fully saturated rings. The van der Waals surface area contributed by atoms with Crippen LogP contribution in [-0.2, 0) is 11.3 Å². The molecule has 3 rings (SSSR count). The Labute approximate surface area is 176 Å². The van der Waals surface area contributed by atoms with Crippen molar-refractivity contribution in [3.8, 4) is 11.1 Å². The minimum Gasteiger partial charge on any atom is -0.465 e. The van der Waals surface area contributed by atoms with Gasteiger partial charge in [-0.05, 0) is 50.7 Å². The van der Waals surface area contributed by atoms with Gasteiger partial charge in [0.2, 0.25) is 5.91 Å². The van der Waals surface area contributed by atoms with Crippen LogP contribution in [0.4, 0.5) is 10.5 Å². The molecule has 0 unspecified atom stereocenters. The number of carbonyl (C=O) groups excluding carboxylic acids is 1. The molecule has 158 valence electrons. The van der Waals surface area contributed by atoms with Gasteiger partial charge in [0.05, 0.1) is 18.8 Å². The third-order valence-corrected chi connectivity index (χ3v) is 5.06. The summed E-state index contributed by atoms with van der Waals surface area (Å²) in [5, 5.41) is 16.2. The lowest BCUT2D eigenvalue weighted by molar-refractivity contribution is -0.117. The van der Waals surface area contributed by atoms with E-state index >= 15 is 0 Å². The maximum absolute atomic E-state index is 12.2. The number of hydrogen-bond donors (Lipinski definition) is 2. The minimum atomic E-state index is -1.07. The Morgan fingerprint density at radius 1 is 1.31 bits per heavy atom. The largest absolute Gasteiger partial charge is 0.465 e. The van der Waals surface area contributed by atoms with Gasteiger partial charge in [0.25, 0.3) is 0 Å². The highest BCUT2D eigenvalue weighted by molar-refractivity contribution is 5.94. The van der Waals surface area contributed by atoms with Gasteiger partial charge in [-0.15, -0.1) is 12.4 Å². The lowest BCUT2D eigenvalue weighted by Crippen LogP contribution is -2.45. The first-order valence-electron chi connectivity index (χ1n) is 9.37. The second-order valence-electron chi connectivity index (χ2n) is 7.54. The summed E-state index contributed by atoms with van der Waals surface area (Å²) in [7, 11) is 4.04. The van der Waals surface area contributed by atoms with E-state index in [1.54, 1.807) is 4.90 Å². The predicted octanol–water partition coefficient (Wildman–Crippen LogP) is 2.99. The Kier molecular flexibility index (Phi) is 7.26. The van der Waals surface area contributed by atoms with Gasteiger partial charge in [-0.1, -0.05) is 6.07 Å². The molecule has 0 saturated carbocycles. The van der Waals surface area contributed by atoms with Crippen LogP contribution < -0.4 is 10.2 Å². The smallest absolute Gasteiger partial charge is 0.405 e. The molecule has 29 heavy (non-hydrogen) atoms. The van der Waals surface area contributed by atoms with Crippen molar-refractivity contribution in [2.24, 2.45) is 0 Å². The van der Waals surface area contributed by atoms with Crippen molar-refractivity contribution in [2.75, 3.05) is 25.5 Å². The maximum Gasteiger partial charge on any atom is 0.405 e. The Balaban J connectivity index is 0.00000300. The zero-order chi connectivity index (χ0) is 20.4. The highest BCUT2D eigenvalue weighted by Gasteiger charge is 2.33. The van der Waals surface area contributed by atoms with Gasteiger partial charge in [-0.25, -0.2) is 4.79 Å². The standard InChI is InChI=1S/C20H27N5O3.ClH/c1-13-9-18(22-20(27)28)17-10-15(5-6-19(17)25(13)14(2)26)16-11-21-24(12-16)8-7-23(3)4;/h5-6,10-13,18,22H,7-9H2,1-4H3,(H,27,28);1H/t13-,18+;/m0./s1. The molecule has 1 aliphatic rings. The van der Waals surface area contributed by atoms with Gasteiger partial charge in [0.1, 0.15) is 0 Å². The molecular formula is C20H28ClN5O3. The average Bonchev–Trinajstić information content (AvgIpc) is 3.08. The molecule has 1 aliphatic heterocycles. The first kappa shape index (κ1) is 22.7. The molecular weight excluding hydrogens is 394 g/mol. The highest BCUT2D eigenvalue weighted by atomic mass is 35.5. The number of fused-ring (bicyclic) bond motifs is 1. The molecule has 0 saturated heterocycles. The number of rotatable bonds is 5. The number of nitrogens with one attached hydrogen (secondary N) is 1. The number of aromatic nitrogens is 2. The van der Waals surface area contributed by atoms with Crippen molar-refractivity contribution >= 4 is 30.1 Å². The topological polar surface area (TPSA) is 90.7 Å². The predicted molar refractivity (Wildman–Crippen MR) is 115 cm³/mol. The van der Waals surface area contributed by atoms with E-state index in [0.29, 0.717) is 6.42 Å². The van der Waals surface area contributed by atoms with E-state index in [4.69, 9.17) is 0 Å². The normalized spacial score (nSPS) is 18.2. The second-order valence-corrected chi connectivity index (χ2v) is 7.54. The molecule has 2 aromatic rings. The van der Waals surface area contributed by atoms with Crippen LogP contribution in [0.15, 0.2) is 30.6 Å². The fraction of sp³-hybridized carbons (Fsp3) is 0.450. The van der Waals surface area contributed by atoms with Gasteiger partial charge in [0.15, 0.2) is 0 Å². The number of carbonyl (C=O) groups is 2. The summed E-state index contributed by atoms with van der Waals surface area (Å²) >= 11 is 0. The quantitative estimate of drug-likeness (QED) is 0.774. The van der Waals surface area contributed by atoms with Crippen LogP contribution in [0.2, 0.25) is 0 Å². The molecule has 2 atom stereocenters. The summed E-state index contributed by atoms with van der Waals surface area (Å²) < 4.78 is 1.89. The number of likely N-dealkylation sites (N-methyl/N-ethyl adjacent to an activating group) is 1. The number of carboxylic acid groups (broad SMARTS) is 1. The number of anilines is 1. The number of nitrogens with zero attached hydrogens (tertiary/aromatic N) is 4. The van der Waals surface area contributed by atoms with Gasteiger partial charge in [-0.2, -0.15) is 5.10 Å². The van der Waals surface area contributed by atoms with E-state index in [0.717, 1.165) is 35.5 Å². The maximum atomic E-state index is 12.2. The first-order valence-corrected chi connectivity index (χ1v) is 9.37. The number of benzene rings is 1. The Hall–Kier alpha value is -2.58. The molecule has 2 amide bonds. The third-order valence-electron chi connectivity index (χ3n) is 5.06. The molecule has 1 aromatic heterocycles. The van der Waals surface area contributed by atoms with Gasteiger partial charge < -0.3 is 20.2 Å². The van der Waals surface area contributed by atoms with Crippen LogP contribution >= 0.6 is 12.4 Å². The van der Waals surface area contributed by atoms with Crippen LogP contribution in [0.5, 0.6) is 0 Å². The van der Waals surface area contributed by atoms with Crippen molar-refractivity contribution in [1.29, 1.82) is 0 Å². The van der Waals surface area contributed by atoms with E-state index in [1.807, 2.05) is 56.3 Å². The summed E-state index contributed by atoms with van der Waals surface area (Å²) in [4.78, 5) is 27.3. The Bertz CT molecular complexity index is 883. The number of hydrogen-bond acceptors (Lipinski definition) is 4. The lowest BCUT2D eigenvalue weighted by atomic mass is 9.89. The van der Waals surface area contributed by atoms with Crippen LogP contribution in [0, 0.1) is 0 Å². The zero-order valence-electron chi connectivity index (χ0n) is 17.1. The van der Waals surface area contributed by atoms with Gasteiger partial charge in [-0.3, -0.25) is 9.48 Å². The lowest BCUT2D eigenvalue weighted by Gasteiger charge is -2.39. The molecule has 9 heteroatoms. The van der Waals surface area contributed by atoms with E-state index in [1.165, 1.54) is 6.92 Å². The van der Waals surface area contributed by atoms with Crippen molar-refractivity contribution < 1.29 is 14.7 Å². The summed E-state index contributed by atoms with van der Waals surface area (Å²) in [6, 6.07) is 5.38. The molecule has 0 spiro atoms. The zero-order valence-corrected chi connectivity index (χ0v) is 17.9. The Morgan fingerprint density at radius 2 is 2.03 bits per heavy atom. The Morgan fingerprint density at radius 3 is 2.66 bits per heavy atom. The molecule has 0 aliphatic carbocycles. The van der Waals surface area contributed by atoms with Gasteiger partial charge in [0, 0.05) is 37.0 Å². The first-order chi connectivity index (χ1) is 13.3. The highest BCUT2D eigenvalue weighted by Crippen LogP contribution is 2.39. The van der Waals surface area contributed by atoms with Gasteiger partial charge >= 0.3 is 6.09 Å². The van der Waals surface area contributed by atoms with E-state index in [2.05, 4.69) is 15.3 Å². The van der Waals surface area contributed by atoms with E-state index < -0.39 is 6.09 Å². The van der Waals surface area contributed by atoms with E-state index in [9.17, 15) is 14.7 Å². The fourth-order valence-corrected chi connectivity index (χ4v) is 3.75. The van der Waals surface area contributed by atoms with Crippen molar-refractivity contribution in [3.05, 3.63) is 36.2 Å². The molecule has 2 N–H and O–H groups in total. The molecule has 0 bridgehead atoms. The summed E-state index contributed by atoms with van der Waals surface area (Å²) in [6.07, 6.45) is 3.26. The fourth-order valence-electron chi connectivity index (χ4n) is 3.75. The van der Waals surface area contributed by atoms with Crippen LogP contribution in [0.1, 0.15) is 31.9 Å². The van der Waals surface area contributed by atoms with Crippen molar-refractivity contribution in [2.45, 2.75) is 38.9 Å². The van der Waals surface area contributed by atoms with Crippen LogP contribution in [-0.4, -0.2) is 58.5 Å². The SMILES string of the molecule is CC(=O)N1c2ccc(-c3cnn(CCN(C)C)c3)cc2[C@H](NC(=O)O)C[C@@H]1C.Cl. The van der Waals surface area contributed by atoms with E-state index in [-0.39, 0.29) is 30.4 Å². The number of amides is 2. The monoisotopic (exact) mass is 421 g/mol. The van der Waals surface area contributed by atoms with Crippen molar-refractivity contribution in [3.63, 3.8) is 0 Å². The summed E-state index contributed by atoms with van der Waals surface area (Å²) in [5.41, 5.74) is 3.48. The van der Waals surface area contributed by atoms with Crippen LogP contribution in [0.3, 0.4) is 0 Å². The minimum absolute atomic E-state index is 0. The molecule has 1 aromatic carbocycles. The van der Waals surface area contributed by atoms with Crippen LogP contribution in [0.25, 0.3) is 11.1 Å². The third kappa shape index (κ3) is 5.07. The number of halogens is 1. The molecule has 2 heterocycles. The second kappa shape index (κ2) is 9.28. The van der Waals surface area contributed by atoms with Crippen molar-refractivity contribution in [1.82, 2.24) is 20.0 Å². The molecule has 8 nitrogen and oxygen atoms in total.